The largest absolute Gasteiger partial charge is 0.373 e. The van der Waals surface area contributed by atoms with Crippen molar-refractivity contribution in [2.75, 3.05) is 5.32 Å². The molecular formula is C16H20FN3O. The third kappa shape index (κ3) is 4.19. The summed E-state index contributed by atoms with van der Waals surface area (Å²) >= 11 is 0. The van der Waals surface area contributed by atoms with Crippen molar-refractivity contribution < 1.29 is 9.18 Å². The van der Waals surface area contributed by atoms with Gasteiger partial charge in [-0.15, -0.1) is 0 Å². The molecule has 1 aliphatic rings. The van der Waals surface area contributed by atoms with Crippen LogP contribution in [0.2, 0.25) is 0 Å². The first-order valence-electron chi connectivity index (χ1n) is 7.36. The van der Waals surface area contributed by atoms with Gasteiger partial charge in [-0.05, 0) is 38.0 Å². The minimum absolute atomic E-state index is 0.0879. The fourth-order valence-corrected chi connectivity index (χ4v) is 2.61. The Labute approximate surface area is 124 Å². The summed E-state index contributed by atoms with van der Waals surface area (Å²) in [5, 5.41) is 15.0. The Bertz CT molecular complexity index is 547. The Morgan fingerprint density at radius 3 is 2.76 bits per heavy atom. The number of rotatable bonds is 4. The van der Waals surface area contributed by atoms with Crippen molar-refractivity contribution in [3.8, 4) is 6.07 Å². The first kappa shape index (κ1) is 15.3. The van der Waals surface area contributed by atoms with Crippen LogP contribution in [0.1, 0.15) is 44.6 Å². The summed E-state index contributed by atoms with van der Waals surface area (Å²) in [7, 11) is 0. The zero-order chi connectivity index (χ0) is 15.2. The minimum atomic E-state index is -0.468. The number of nitrogens with one attached hydrogen (secondary N) is 2. The molecule has 0 bridgehead atoms. The fourth-order valence-electron chi connectivity index (χ4n) is 2.61. The number of nitrogens with zero attached hydrogens (tertiary/aromatic N) is 1. The highest BCUT2D eigenvalue weighted by atomic mass is 19.1. The second kappa shape index (κ2) is 7.07. The van der Waals surface area contributed by atoms with Gasteiger partial charge in [0.25, 0.3) is 0 Å². The van der Waals surface area contributed by atoms with Crippen LogP contribution in [0.3, 0.4) is 0 Å². The summed E-state index contributed by atoms with van der Waals surface area (Å²) < 4.78 is 13.1. The van der Waals surface area contributed by atoms with Crippen molar-refractivity contribution in [1.82, 2.24) is 5.32 Å². The van der Waals surface area contributed by atoms with E-state index in [1.54, 1.807) is 6.92 Å². The smallest absolute Gasteiger partial charge is 0.242 e. The van der Waals surface area contributed by atoms with Gasteiger partial charge in [-0.2, -0.15) is 5.26 Å². The molecule has 0 aliphatic heterocycles. The van der Waals surface area contributed by atoms with E-state index in [0.717, 1.165) is 31.7 Å². The number of benzene rings is 1. The number of carbonyl (C=O) groups excluding carboxylic acids is 1. The molecule has 112 valence electrons. The molecule has 1 unspecified atom stereocenters. The van der Waals surface area contributed by atoms with Gasteiger partial charge >= 0.3 is 0 Å². The standard InChI is InChI=1S/C16H20FN3O/c1-11(16(21)20-14-5-3-2-4-6-14)19-15-8-7-13(17)9-12(15)10-18/h7-9,11,14,19H,2-6H2,1H3,(H,20,21). The highest BCUT2D eigenvalue weighted by Gasteiger charge is 2.20. The third-order valence-electron chi connectivity index (χ3n) is 3.82. The third-order valence-corrected chi connectivity index (χ3v) is 3.82. The first-order chi connectivity index (χ1) is 10.1. The molecular weight excluding hydrogens is 269 g/mol. The highest BCUT2D eigenvalue weighted by molar-refractivity contribution is 5.84. The molecule has 1 aromatic carbocycles. The van der Waals surface area contributed by atoms with E-state index in [0.29, 0.717) is 5.69 Å². The van der Waals surface area contributed by atoms with E-state index in [1.807, 2.05) is 6.07 Å². The molecule has 0 heterocycles. The van der Waals surface area contributed by atoms with E-state index in [2.05, 4.69) is 10.6 Å². The van der Waals surface area contributed by atoms with Crippen molar-refractivity contribution in [2.45, 2.75) is 51.1 Å². The lowest BCUT2D eigenvalue weighted by atomic mass is 9.95. The van der Waals surface area contributed by atoms with Crippen LogP contribution >= 0.6 is 0 Å². The molecule has 5 heteroatoms. The van der Waals surface area contributed by atoms with E-state index < -0.39 is 11.9 Å². The zero-order valence-corrected chi connectivity index (χ0v) is 12.2. The molecule has 1 saturated carbocycles. The summed E-state index contributed by atoms with van der Waals surface area (Å²) in [6, 6.07) is 5.63. The lowest BCUT2D eigenvalue weighted by Gasteiger charge is -2.25. The van der Waals surface area contributed by atoms with Crippen LogP contribution in [0.25, 0.3) is 0 Å². The normalized spacial score (nSPS) is 16.8. The average Bonchev–Trinajstić information content (AvgIpc) is 2.49. The van der Waals surface area contributed by atoms with E-state index in [1.165, 1.54) is 18.6 Å². The Morgan fingerprint density at radius 2 is 2.10 bits per heavy atom. The van der Waals surface area contributed by atoms with Crippen LogP contribution < -0.4 is 10.6 Å². The summed E-state index contributed by atoms with van der Waals surface area (Å²) in [6.07, 6.45) is 5.60. The number of amides is 1. The van der Waals surface area contributed by atoms with Gasteiger partial charge in [0.2, 0.25) is 5.91 Å². The Balaban J connectivity index is 1.95. The maximum absolute atomic E-state index is 13.1. The summed E-state index contributed by atoms with van der Waals surface area (Å²) in [6.45, 7) is 1.74. The van der Waals surface area contributed by atoms with E-state index in [4.69, 9.17) is 5.26 Å². The molecule has 0 saturated heterocycles. The van der Waals surface area contributed by atoms with Crippen LogP contribution in [0.5, 0.6) is 0 Å². The zero-order valence-electron chi connectivity index (χ0n) is 12.2. The van der Waals surface area contributed by atoms with Gasteiger partial charge < -0.3 is 10.6 Å². The first-order valence-corrected chi connectivity index (χ1v) is 7.36. The van der Waals surface area contributed by atoms with Crippen molar-refractivity contribution in [1.29, 1.82) is 5.26 Å². The van der Waals surface area contributed by atoms with Crippen LogP contribution in [0, 0.1) is 17.1 Å². The maximum Gasteiger partial charge on any atom is 0.242 e. The molecule has 1 aromatic rings. The second-order valence-corrected chi connectivity index (χ2v) is 5.51. The molecule has 2 rings (SSSR count). The Morgan fingerprint density at radius 1 is 1.38 bits per heavy atom. The predicted molar refractivity (Wildman–Crippen MR) is 79.2 cm³/mol. The number of anilines is 1. The minimum Gasteiger partial charge on any atom is -0.373 e. The lowest BCUT2D eigenvalue weighted by Crippen LogP contribution is -2.44. The van der Waals surface area contributed by atoms with Gasteiger partial charge in [0.05, 0.1) is 11.3 Å². The number of hydrogen-bond acceptors (Lipinski definition) is 3. The van der Waals surface area contributed by atoms with Gasteiger partial charge in [-0.3, -0.25) is 4.79 Å². The van der Waals surface area contributed by atoms with Crippen LogP contribution in [0.4, 0.5) is 10.1 Å². The monoisotopic (exact) mass is 289 g/mol. The maximum atomic E-state index is 13.1. The molecule has 0 radical (unpaired) electrons. The quantitative estimate of drug-likeness (QED) is 0.895. The molecule has 1 aliphatic carbocycles. The van der Waals surface area contributed by atoms with Crippen LogP contribution in [-0.2, 0) is 4.79 Å². The van der Waals surface area contributed by atoms with Crippen molar-refractivity contribution in [3.63, 3.8) is 0 Å². The second-order valence-electron chi connectivity index (χ2n) is 5.51. The van der Waals surface area contributed by atoms with Crippen LogP contribution in [-0.4, -0.2) is 18.0 Å². The molecule has 0 spiro atoms. The molecule has 2 N–H and O–H groups in total. The lowest BCUT2D eigenvalue weighted by molar-refractivity contribution is -0.122. The van der Waals surface area contributed by atoms with Crippen molar-refractivity contribution in [3.05, 3.63) is 29.6 Å². The molecule has 1 amide bonds. The van der Waals surface area contributed by atoms with Gasteiger partial charge in [0.15, 0.2) is 0 Å². The number of nitriles is 1. The van der Waals surface area contributed by atoms with Crippen molar-refractivity contribution >= 4 is 11.6 Å². The molecule has 1 atom stereocenters. The van der Waals surface area contributed by atoms with Gasteiger partial charge in [-0.25, -0.2) is 4.39 Å². The number of hydrogen-bond donors (Lipinski definition) is 2. The van der Waals surface area contributed by atoms with E-state index >= 15 is 0 Å². The van der Waals surface area contributed by atoms with E-state index in [9.17, 15) is 9.18 Å². The van der Waals surface area contributed by atoms with Gasteiger partial charge in [-0.1, -0.05) is 19.3 Å². The summed E-state index contributed by atoms with van der Waals surface area (Å²) in [5.41, 5.74) is 0.678. The van der Waals surface area contributed by atoms with Crippen LogP contribution in [0.15, 0.2) is 18.2 Å². The van der Waals surface area contributed by atoms with Gasteiger partial charge in [0, 0.05) is 6.04 Å². The van der Waals surface area contributed by atoms with E-state index in [-0.39, 0.29) is 17.5 Å². The molecule has 4 nitrogen and oxygen atoms in total. The Kier molecular flexibility index (Phi) is 5.15. The summed E-state index contributed by atoms with van der Waals surface area (Å²) in [5.74, 6) is -0.550. The Hall–Kier alpha value is -2.09. The average molecular weight is 289 g/mol. The topological polar surface area (TPSA) is 64.9 Å². The molecule has 0 aromatic heterocycles. The SMILES string of the molecule is CC(Nc1ccc(F)cc1C#N)C(=O)NC1CCCCC1. The number of halogens is 1. The fraction of sp³-hybridized carbons (Fsp3) is 0.500. The molecule has 1 fully saturated rings. The van der Waals surface area contributed by atoms with Crippen molar-refractivity contribution in [2.24, 2.45) is 0 Å². The number of carbonyl (C=O) groups is 1. The predicted octanol–water partition coefficient (Wildman–Crippen LogP) is 2.95. The van der Waals surface area contributed by atoms with Gasteiger partial charge in [0.1, 0.15) is 17.9 Å². The highest BCUT2D eigenvalue weighted by Crippen LogP contribution is 2.19. The molecule has 21 heavy (non-hydrogen) atoms. The summed E-state index contributed by atoms with van der Waals surface area (Å²) in [4.78, 5) is 12.2.